The zero-order chi connectivity index (χ0) is 22.6. The Kier molecular flexibility index (Phi) is 6.90. The molecule has 3 aromatic rings. The van der Waals surface area contributed by atoms with Crippen molar-refractivity contribution in [2.45, 2.75) is 23.9 Å². The summed E-state index contributed by atoms with van der Waals surface area (Å²) < 4.78 is 28.7. The van der Waals surface area contributed by atoms with E-state index in [1.807, 2.05) is 6.92 Å². The van der Waals surface area contributed by atoms with Crippen LogP contribution in [0.15, 0.2) is 90.3 Å². The molecular formula is C23H21ClN2O4S. The van der Waals surface area contributed by atoms with Crippen LogP contribution in [-0.4, -0.2) is 19.4 Å². The third-order valence-corrected chi connectivity index (χ3v) is 6.56. The number of nitrogens with one attached hydrogen (secondary N) is 1. The lowest BCUT2D eigenvalue weighted by atomic mass is 9.91. The summed E-state index contributed by atoms with van der Waals surface area (Å²) in [5.74, 6) is 0. The highest BCUT2D eigenvalue weighted by molar-refractivity contribution is 7.89. The van der Waals surface area contributed by atoms with Crippen LogP contribution in [0.25, 0.3) is 5.57 Å². The van der Waals surface area contributed by atoms with Crippen LogP contribution in [0.4, 0.5) is 0 Å². The van der Waals surface area contributed by atoms with E-state index in [9.17, 15) is 18.5 Å². The number of benzene rings is 3. The molecule has 0 aliphatic carbocycles. The Bertz CT molecular complexity index is 1200. The van der Waals surface area contributed by atoms with E-state index in [2.05, 4.69) is 11.3 Å². The van der Waals surface area contributed by atoms with Crippen molar-refractivity contribution in [1.82, 2.24) is 4.72 Å². The molecule has 1 N–H and O–H groups in total. The first kappa shape index (κ1) is 22.7. The first-order valence-electron chi connectivity index (χ1n) is 9.41. The number of sulfonamides is 1. The Morgan fingerprint density at radius 3 is 2.26 bits per heavy atom. The molecule has 0 fully saturated rings. The molecule has 0 unspecified atom stereocenters. The Morgan fingerprint density at radius 1 is 1.03 bits per heavy atom. The predicted octanol–water partition coefficient (Wildman–Crippen LogP) is 5.03. The normalized spacial score (nSPS) is 13.4. The molecular weight excluding hydrogens is 436 g/mol. The third kappa shape index (κ3) is 5.38. The lowest BCUT2D eigenvalue weighted by Crippen LogP contribution is -2.40. The van der Waals surface area contributed by atoms with Gasteiger partial charge in [0, 0.05) is 15.5 Å². The van der Waals surface area contributed by atoms with Crippen LogP contribution in [0.2, 0.25) is 5.02 Å². The summed E-state index contributed by atoms with van der Waals surface area (Å²) in [5.41, 5.74) is 1.99. The molecule has 6 nitrogen and oxygen atoms in total. The molecule has 0 aliphatic heterocycles. The maximum atomic E-state index is 13.1. The van der Waals surface area contributed by atoms with E-state index in [1.165, 1.54) is 18.2 Å². The molecule has 0 aromatic heterocycles. The molecule has 0 saturated carbocycles. The summed E-state index contributed by atoms with van der Waals surface area (Å²) in [7, 11) is -4.07. The molecule has 0 amide bonds. The predicted molar refractivity (Wildman–Crippen MR) is 122 cm³/mol. The van der Waals surface area contributed by atoms with Gasteiger partial charge in [0.15, 0.2) is 0 Å². The Labute approximate surface area is 186 Å². The zero-order valence-corrected chi connectivity index (χ0v) is 18.3. The molecule has 3 rings (SSSR count). The fraction of sp³-hybridized carbons (Fsp3) is 0.130. The van der Waals surface area contributed by atoms with E-state index < -0.39 is 27.0 Å². The quantitative estimate of drug-likeness (QED) is 0.380. The average Bonchev–Trinajstić information content (AvgIpc) is 2.74. The van der Waals surface area contributed by atoms with Gasteiger partial charge in [0.1, 0.15) is 6.04 Å². The maximum absolute atomic E-state index is 13.1. The summed E-state index contributed by atoms with van der Waals surface area (Å²) in [5, 5.41) is 12.5. The van der Waals surface area contributed by atoms with Crippen LogP contribution in [0.1, 0.15) is 22.7 Å². The van der Waals surface area contributed by atoms with Crippen molar-refractivity contribution >= 4 is 27.2 Å². The summed E-state index contributed by atoms with van der Waals surface area (Å²) in [6.07, 6.45) is 0. The van der Waals surface area contributed by atoms with Gasteiger partial charge in [-0.3, -0.25) is 10.1 Å². The Morgan fingerprint density at radius 2 is 1.68 bits per heavy atom. The zero-order valence-electron chi connectivity index (χ0n) is 16.7. The van der Waals surface area contributed by atoms with Crippen molar-refractivity contribution < 1.29 is 13.3 Å². The minimum Gasteiger partial charge on any atom is -0.264 e. The van der Waals surface area contributed by atoms with Crippen LogP contribution in [0.5, 0.6) is 0 Å². The number of rotatable bonds is 8. The van der Waals surface area contributed by atoms with Gasteiger partial charge in [0.25, 0.3) is 6.04 Å². The topological polar surface area (TPSA) is 89.3 Å². The smallest absolute Gasteiger partial charge is 0.258 e. The number of halogens is 1. The van der Waals surface area contributed by atoms with Crippen molar-refractivity contribution in [3.05, 3.63) is 117 Å². The highest BCUT2D eigenvalue weighted by Gasteiger charge is 2.39. The number of nitrogens with zero attached hydrogens (tertiary/aromatic N) is 1. The van der Waals surface area contributed by atoms with Crippen molar-refractivity contribution in [2.24, 2.45) is 0 Å². The number of nitro groups is 1. The molecule has 2 atom stereocenters. The van der Waals surface area contributed by atoms with Gasteiger partial charge < -0.3 is 0 Å². The maximum Gasteiger partial charge on any atom is 0.258 e. The van der Waals surface area contributed by atoms with Gasteiger partial charge in [-0.15, -0.1) is 0 Å². The first-order valence-corrected chi connectivity index (χ1v) is 11.3. The van der Waals surface area contributed by atoms with E-state index in [0.29, 0.717) is 16.1 Å². The van der Waals surface area contributed by atoms with E-state index in [4.69, 9.17) is 11.6 Å². The highest BCUT2D eigenvalue weighted by atomic mass is 35.5. The van der Waals surface area contributed by atoms with Gasteiger partial charge in [0.2, 0.25) is 10.0 Å². The van der Waals surface area contributed by atoms with Gasteiger partial charge in [-0.25, -0.2) is 8.42 Å². The van der Waals surface area contributed by atoms with Crippen molar-refractivity contribution in [3.8, 4) is 0 Å². The van der Waals surface area contributed by atoms with Gasteiger partial charge in [-0.1, -0.05) is 78.3 Å². The summed E-state index contributed by atoms with van der Waals surface area (Å²) >= 11 is 6.11. The molecule has 160 valence electrons. The molecule has 31 heavy (non-hydrogen) atoms. The Balaban J connectivity index is 2.10. The SMILES string of the molecule is C=C(c1ccccc1)[C@H]([C@H](NS(=O)(=O)c1ccc(C)cc1)c1cccc(Cl)c1)[N+](=O)[O-]. The summed E-state index contributed by atoms with van der Waals surface area (Å²) in [6, 6.07) is 18.6. The molecule has 0 aliphatic rings. The van der Waals surface area contributed by atoms with Crippen molar-refractivity contribution in [1.29, 1.82) is 0 Å². The summed E-state index contributed by atoms with van der Waals surface area (Å²) in [4.78, 5) is 11.6. The average molecular weight is 457 g/mol. The van der Waals surface area contributed by atoms with Crippen molar-refractivity contribution in [3.63, 3.8) is 0 Å². The number of aryl methyl sites for hydroxylation is 1. The highest BCUT2D eigenvalue weighted by Crippen LogP contribution is 2.32. The van der Waals surface area contributed by atoms with Crippen LogP contribution < -0.4 is 4.72 Å². The molecule has 0 spiro atoms. The van der Waals surface area contributed by atoms with Crippen molar-refractivity contribution in [2.75, 3.05) is 0 Å². The van der Waals surface area contributed by atoms with E-state index in [1.54, 1.807) is 60.7 Å². The third-order valence-electron chi connectivity index (χ3n) is 4.87. The van der Waals surface area contributed by atoms with E-state index >= 15 is 0 Å². The second-order valence-corrected chi connectivity index (χ2v) is 9.24. The second kappa shape index (κ2) is 9.43. The monoisotopic (exact) mass is 456 g/mol. The molecule has 0 heterocycles. The van der Waals surface area contributed by atoms with Gasteiger partial charge in [0.05, 0.1) is 4.90 Å². The molecule has 8 heteroatoms. The van der Waals surface area contributed by atoms with E-state index in [-0.39, 0.29) is 10.5 Å². The molecule has 0 bridgehead atoms. The van der Waals surface area contributed by atoms with E-state index in [0.717, 1.165) is 5.56 Å². The molecule has 0 saturated heterocycles. The fourth-order valence-electron chi connectivity index (χ4n) is 3.24. The molecule has 3 aromatic carbocycles. The minimum atomic E-state index is -4.07. The van der Waals surface area contributed by atoms with Crippen LogP contribution in [0, 0.1) is 17.0 Å². The molecule has 0 radical (unpaired) electrons. The fourth-order valence-corrected chi connectivity index (χ4v) is 4.67. The minimum absolute atomic E-state index is 0.0116. The van der Waals surface area contributed by atoms with Gasteiger partial charge in [-0.05, 0) is 42.3 Å². The Hall–Kier alpha value is -3.00. The largest absolute Gasteiger partial charge is 0.264 e. The summed E-state index contributed by atoms with van der Waals surface area (Å²) in [6.45, 7) is 5.76. The standard InChI is InChI=1S/C23H21ClN2O4S/c1-16-11-13-21(14-12-16)31(29,30)25-22(19-9-6-10-20(24)15-19)23(26(27)28)17(2)18-7-4-3-5-8-18/h3-15,22-23,25H,2H2,1H3/t22-,23-/m1/s1. The number of hydrogen-bond acceptors (Lipinski definition) is 4. The number of hydrogen-bond donors (Lipinski definition) is 1. The van der Waals surface area contributed by atoms with Crippen LogP contribution >= 0.6 is 11.6 Å². The van der Waals surface area contributed by atoms with Crippen LogP contribution in [0.3, 0.4) is 0 Å². The second-order valence-electron chi connectivity index (χ2n) is 7.09. The van der Waals surface area contributed by atoms with Gasteiger partial charge in [-0.2, -0.15) is 4.72 Å². The van der Waals surface area contributed by atoms with Gasteiger partial charge >= 0.3 is 0 Å². The first-order chi connectivity index (χ1) is 14.7. The lowest BCUT2D eigenvalue weighted by Gasteiger charge is -2.24. The van der Waals surface area contributed by atoms with Crippen LogP contribution in [-0.2, 0) is 10.0 Å². The lowest BCUT2D eigenvalue weighted by molar-refractivity contribution is -0.510.